The quantitative estimate of drug-likeness (QED) is 0.912. The number of nitrogens with one attached hydrogen (secondary N) is 1. The summed E-state index contributed by atoms with van der Waals surface area (Å²) in [5.74, 6) is 1.69. The van der Waals surface area contributed by atoms with Crippen LogP contribution in [0.3, 0.4) is 0 Å². The Balaban J connectivity index is 1.67. The van der Waals surface area contributed by atoms with Crippen molar-refractivity contribution in [2.24, 2.45) is 0 Å². The number of piperazine rings is 1. The lowest BCUT2D eigenvalue weighted by atomic mass is 10.2. The molecule has 0 aromatic carbocycles. The highest BCUT2D eigenvalue weighted by Crippen LogP contribution is 2.29. The second-order valence-electron chi connectivity index (χ2n) is 6.71. The van der Waals surface area contributed by atoms with E-state index >= 15 is 0 Å². The first-order valence-corrected chi connectivity index (χ1v) is 8.43. The third kappa shape index (κ3) is 2.83. The van der Waals surface area contributed by atoms with Gasteiger partial charge in [0, 0.05) is 31.7 Å². The van der Waals surface area contributed by atoms with E-state index in [0.29, 0.717) is 23.4 Å². The number of likely N-dealkylation sites (N-methyl/N-ethyl adjacent to an activating group) is 1. The van der Waals surface area contributed by atoms with Crippen LogP contribution in [0, 0.1) is 0 Å². The van der Waals surface area contributed by atoms with Gasteiger partial charge in [-0.1, -0.05) is 12.8 Å². The van der Waals surface area contributed by atoms with Gasteiger partial charge in [-0.2, -0.15) is 0 Å². The van der Waals surface area contributed by atoms with Crippen LogP contribution >= 0.6 is 0 Å². The van der Waals surface area contributed by atoms with Gasteiger partial charge in [-0.05, 0) is 37.1 Å². The van der Waals surface area contributed by atoms with E-state index in [1.165, 1.54) is 25.7 Å². The summed E-state index contributed by atoms with van der Waals surface area (Å²) in [5.41, 5.74) is 0.944. The second kappa shape index (κ2) is 5.92. The minimum absolute atomic E-state index is 0.469. The smallest absolute Gasteiger partial charge is 0.245 e. The maximum Gasteiger partial charge on any atom is 0.245 e. The van der Waals surface area contributed by atoms with Crippen molar-refractivity contribution in [2.75, 3.05) is 36.9 Å². The molecular formula is C15H23N7O. The fraction of sp³-hybridized carbons (Fsp3) is 0.733. The third-order valence-corrected chi connectivity index (χ3v) is 5.05. The van der Waals surface area contributed by atoms with Gasteiger partial charge in [0.1, 0.15) is 0 Å². The van der Waals surface area contributed by atoms with E-state index in [1.54, 1.807) is 0 Å². The largest absolute Gasteiger partial charge is 0.364 e. The predicted octanol–water partition coefficient (Wildman–Crippen LogP) is 1.51. The Bertz CT molecular complexity index is 682. The maximum absolute atomic E-state index is 4.79. The molecule has 0 radical (unpaired) electrons. The van der Waals surface area contributed by atoms with Crippen molar-refractivity contribution in [1.82, 2.24) is 25.2 Å². The average molecular weight is 317 g/mol. The molecule has 0 amide bonds. The summed E-state index contributed by atoms with van der Waals surface area (Å²) in [6, 6.07) is 0.959. The number of hydrogen-bond donors (Lipinski definition) is 1. The molecule has 1 aliphatic heterocycles. The van der Waals surface area contributed by atoms with Gasteiger partial charge in [-0.15, -0.1) is 0 Å². The van der Waals surface area contributed by atoms with E-state index in [0.717, 1.165) is 31.3 Å². The topological polar surface area (TPSA) is 83.2 Å². The molecule has 1 N–H and O–H groups in total. The van der Waals surface area contributed by atoms with Crippen molar-refractivity contribution in [3.63, 3.8) is 0 Å². The number of nitrogens with zero attached hydrogens (tertiary/aromatic N) is 6. The van der Waals surface area contributed by atoms with Crippen molar-refractivity contribution in [1.29, 1.82) is 0 Å². The van der Waals surface area contributed by atoms with E-state index in [4.69, 9.17) is 4.63 Å². The van der Waals surface area contributed by atoms with Crippen LogP contribution in [-0.2, 0) is 0 Å². The van der Waals surface area contributed by atoms with Gasteiger partial charge in [0.25, 0.3) is 0 Å². The first-order valence-electron chi connectivity index (χ1n) is 8.43. The van der Waals surface area contributed by atoms with Crippen molar-refractivity contribution < 1.29 is 4.63 Å². The summed E-state index contributed by atoms with van der Waals surface area (Å²) < 4.78 is 4.79. The van der Waals surface area contributed by atoms with Crippen molar-refractivity contribution in [2.45, 2.75) is 44.7 Å². The molecule has 0 bridgehead atoms. The van der Waals surface area contributed by atoms with Crippen LogP contribution in [0.4, 0.5) is 11.6 Å². The van der Waals surface area contributed by atoms with E-state index in [1.807, 2.05) is 0 Å². The Morgan fingerprint density at radius 3 is 2.57 bits per heavy atom. The monoisotopic (exact) mass is 317 g/mol. The molecule has 2 aliphatic rings. The van der Waals surface area contributed by atoms with E-state index in [9.17, 15) is 0 Å². The van der Waals surface area contributed by atoms with E-state index in [2.05, 4.69) is 49.4 Å². The average Bonchev–Trinajstić information content (AvgIpc) is 3.20. The second-order valence-corrected chi connectivity index (χ2v) is 6.71. The zero-order chi connectivity index (χ0) is 15.8. The van der Waals surface area contributed by atoms with Crippen molar-refractivity contribution in [3.05, 3.63) is 0 Å². The molecule has 2 fully saturated rings. The first kappa shape index (κ1) is 14.6. The molecule has 1 saturated carbocycles. The number of fused-ring (bicyclic) bond motifs is 1. The lowest BCUT2D eigenvalue weighted by Gasteiger charge is -2.38. The molecule has 1 unspecified atom stereocenters. The van der Waals surface area contributed by atoms with Crippen molar-refractivity contribution in [3.8, 4) is 0 Å². The highest BCUT2D eigenvalue weighted by atomic mass is 16.6. The SMILES string of the molecule is CC1CN(c2nc3nonc3nc2NC2CCCC2)CCN1C. The van der Waals surface area contributed by atoms with E-state index in [-0.39, 0.29) is 0 Å². The zero-order valence-electron chi connectivity index (χ0n) is 13.7. The van der Waals surface area contributed by atoms with Crippen LogP contribution in [0.5, 0.6) is 0 Å². The highest BCUT2D eigenvalue weighted by Gasteiger charge is 2.27. The van der Waals surface area contributed by atoms with Crippen LogP contribution in [0.25, 0.3) is 11.3 Å². The first-order chi connectivity index (χ1) is 11.2. The summed E-state index contributed by atoms with van der Waals surface area (Å²) in [5, 5.41) is 11.3. The summed E-state index contributed by atoms with van der Waals surface area (Å²) in [6.45, 7) is 5.12. The van der Waals surface area contributed by atoms with Crippen LogP contribution in [0.15, 0.2) is 4.63 Å². The molecule has 8 nitrogen and oxygen atoms in total. The van der Waals surface area contributed by atoms with E-state index < -0.39 is 0 Å². The molecule has 2 aromatic rings. The standard InChI is InChI=1S/C15H23N7O/c1-10-9-22(8-7-21(10)2)15-14(16-11-5-3-4-6-11)17-12-13(18-15)20-23-19-12/h10-11H,3-9H2,1-2H3,(H,16,17,19). The Labute approximate surface area is 135 Å². The lowest BCUT2D eigenvalue weighted by molar-refractivity contribution is 0.233. The summed E-state index contributed by atoms with van der Waals surface area (Å²) in [7, 11) is 2.16. The Morgan fingerprint density at radius 2 is 1.83 bits per heavy atom. The van der Waals surface area contributed by atoms with Gasteiger partial charge in [0.2, 0.25) is 11.3 Å². The molecule has 1 saturated heterocycles. The fourth-order valence-electron chi connectivity index (χ4n) is 3.45. The van der Waals surface area contributed by atoms with Gasteiger partial charge in [0.05, 0.1) is 0 Å². The zero-order valence-corrected chi connectivity index (χ0v) is 13.7. The van der Waals surface area contributed by atoms with Gasteiger partial charge < -0.3 is 15.1 Å². The summed E-state index contributed by atoms with van der Waals surface area (Å²) >= 11 is 0. The third-order valence-electron chi connectivity index (χ3n) is 5.05. The van der Waals surface area contributed by atoms with Crippen LogP contribution in [-0.4, -0.2) is 63.9 Å². The number of aromatic nitrogens is 4. The molecule has 0 spiro atoms. The van der Waals surface area contributed by atoms with Gasteiger partial charge in [-0.3, -0.25) is 0 Å². The van der Waals surface area contributed by atoms with Gasteiger partial charge in [-0.25, -0.2) is 14.6 Å². The molecule has 1 aliphatic carbocycles. The molecular weight excluding hydrogens is 294 g/mol. The molecule has 8 heteroatoms. The Kier molecular flexibility index (Phi) is 3.76. The summed E-state index contributed by atoms with van der Waals surface area (Å²) in [4.78, 5) is 14.0. The van der Waals surface area contributed by atoms with Crippen LogP contribution in [0.2, 0.25) is 0 Å². The van der Waals surface area contributed by atoms with Crippen LogP contribution < -0.4 is 10.2 Å². The molecule has 4 rings (SSSR count). The molecule has 124 valence electrons. The van der Waals surface area contributed by atoms with Crippen molar-refractivity contribution >= 4 is 22.9 Å². The normalized spacial score (nSPS) is 23.7. The number of anilines is 2. The van der Waals surface area contributed by atoms with Crippen LogP contribution in [0.1, 0.15) is 32.6 Å². The Morgan fingerprint density at radius 1 is 1.09 bits per heavy atom. The van der Waals surface area contributed by atoms with Gasteiger partial charge in [0.15, 0.2) is 11.6 Å². The maximum atomic E-state index is 4.79. The minimum Gasteiger partial charge on any atom is -0.364 e. The molecule has 2 aromatic heterocycles. The molecule has 3 heterocycles. The lowest BCUT2D eigenvalue weighted by Crippen LogP contribution is -2.50. The number of rotatable bonds is 3. The number of hydrogen-bond acceptors (Lipinski definition) is 8. The Hall–Kier alpha value is -1.96. The molecule has 23 heavy (non-hydrogen) atoms. The fourth-order valence-corrected chi connectivity index (χ4v) is 3.45. The summed E-state index contributed by atoms with van der Waals surface area (Å²) in [6.07, 6.45) is 4.93. The predicted molar refractivity (Wildman–Crippen MR) is 87.6 cm³/mol. The minimum atomic E-state index is 0.469. The van der Waals surface area contributed by atoms with Gasteiger partial charge >= 0.3 is 0 Å². The highest BCUT2D eigenvalue weighted by molar-refractivity contribution is 5.74. The molecule has 1 atom stereocenters.